The first-order chi connectivity index (χ1) is 19.0. The number of piperidine rings is 1. The summed E-state index contributed by atoms with van der Waals surface area (Å²) in [4.78, 5) is 50.3. The van der Waals surface area contributed by atoms with Crippen LogP contribution in [0.1, 0.15) is 31.4 Å². The summed E-state index contributed by atoms with van der Waals surface area (Å²) in [5.74, 6) is -4.19. The maximum absolute atomic E-state index is 13.4. The third kappa shape index (κ3) is 8.28. The molecule has 1 atom stereocenters. The average molecular weight is 563 g/mol. The quantitative estimate of drug-likeness (QED) is 0.341. The fourth-order valence-corrected chi connectivity index (χ4v) is 4.77. The second-order valence-electron chi connectivity index (χ2n) is 9.45. The van der Waals surface area contributed by atoms with Gasteiger partial charge in [0, 0.05) is 37.8 Å². The van der Waals surface area contributed by atoms with Crippen molar-refractivity contribution >= 4 is 34.5 Å². The number of hydrogen-bond acceptors (Lipinski definition) is 6. The molecule has 0 spiro atoms. The number of fused-ring (bicyclic) bond motifs is 1. The highest BCUT2D eigenvalue weighted by atomic mass is 19.4. The van der Waals surface area contributed by atoms with Crippen LogP contribution in [-0.2, 0) is 23.9 Å². The van der Waals surface area contributed by atoms with Gasteiger partial charge in [-0.3, -0.25) is 19.3 Å². The molecular weight excluding hydrogens is 529 g/mol. The van der Waals surface area contributed by atoms with E-state index in [2.05, 4.69) is 20.3 Å². The number of amides is 3. The summed E-state index contributed by atoms with van der Waals surface area (Å²) in [5, 5.41) is 6.86. The standard InChI is InChI=1S/C28H33F3N4O5/c1-19(22-10-5-8-20-7-3-4-9-23(20)22)34-15-12-21(13-16-34)35(27(39)28(29,30)31)18-25(37)33-17-24(36)32-14-6-11-26(38)40-2/h3-11,19,21H,12-18H2,1-2H3,(H,32,36)(H,33,37)/b11-6+/t19-/m1/s1. The topological polar surface area (TPSA) is 108 Å². The zero-order valence-corrected chi connectivity index (χ0v) is 22.4. The first kappa shape index (κ1) is 30.6. The number of ether oxygens (including phenoxy) is 1. The largest absolute Gasteiger partial charge is 0.471 e. The maximum atomic E-state index is 13.4. The van der Waals surface area contributed by atoms with Crippen LogP contribution in [0.5, 0.6) is 0 Å². The molecule has 1 saturated heterocycles. The van der Waals surface area contributed by atoms with E-state index in [1.807, 2.05) is 49.4 Å². The summed E-state index contributed by atoms with van der Waals surface area (Å²) in [7, 11) is 1.20. The second kappa shape index (κ2) is 13.9. The number of rotatable bonds is 10. The van der Waals surface area contributed by atoms with E-state index in [0.717, 1.165) is 22.4 Å². The van der Waals surface area contributed by atoms with Crippen LogP contribution in [0.4, 0.5) is 13.2 Å². The molecular formula is C28H33F3N4O5. The lowest BCUT2D eigenvalue weighted by Crippen LogP contribution is -2.54. The monoisotopic (exact) mass is 562 g/mol. The number of halogens is 3. The van der Waals surface area contributed by atoms with Crippen LogP contribution < -0.4 is 10.6 Å². The molecule has 3 amide bonds. The number of hydrogen-bond donors (Lipinski definition) is 2. The van der Waals surface area contributed by atoms with Gasteiger partial charge in [0.2, 0.25) is 11.8 Å². The molecule has 2 N–H and O–H groups in total. The highest BCUT2D eigenvalue weighted by molar-refractivity contribution is 5.90. The first-order valence-corrected chi connectivity index (χ1v) is 12.9. The maximum Gasteiger partial charge on any atom is 0.471 e. The Morgan fingerprint density at radius 2 is 1.73 bits per heavy atom. The first-order valence-electron chi connectivity index (χ1n) is 12.9. The molecule has 0 bridgehead atoms. The number of esters is 1. The number of methoxy groups -OCH3 is 1. The van der Waals surface area contributed by atoms with Gasteiger partial charge in [0.25, 0.3) is 0 Å². The van der Waals surface area contributed by atoms with E-state index < -0.39 is 49.0 Å². The Bertz CT molecular complexity index is 1240. The van der Waals surface area contributed by atoms with Crippen molar-refractivity contribution in [3.8, 4) is 0 Å². The van der Waals surface area contributed by atoms with Gasteiger partial charge in [0.1, 0.15) is 6.54 Å². The van der Waals surface area contributed by atoms with Gasteiger partial charge in [-0.1, -0.05) is 48.5 Å². The number of nitrogens with zero attached hydrogens (tertiary/aromatic N) is 2. The number of carbonyl (C=O) groups excluding carboxylic acids is 4. The van der Waals surface area contributed by atoms with E-state index in [4.69, 9.17) is 0 Å². The molecule has 0 aliphatic carbocycles. The van der Waals surface area contributed by atoms with E-state index in [1.54, 1.807) is 0 Å². The Labute approximate surface area is 230 Å². The van der Waals surface area contributed by atoms with Crippen molar-refractivity contribution in [1.29, 1.82) is 0 Å². The van der Waals surface area contributed by atoms with Crippen molar-refractivity contribution < 1.29 is 37.1 Å². The second-order valence-corrected chi connectivity index (χ2v) is 9.45. The molecule has 1 fully saturated rings. The van der Waals surface area contributed by atoms with E-state index >= 15 is 0 Å². The average Bonchev–Trinajstić information content (AvgIpc) is 2.95. The predicted octanol–water partition coefficient (Wildman–Crippen LogP) is 2.72. The summed E-state index contributed by atoms with van der Waals surface area (Å²) in [6, 6.07) is 13.2. The summed E-state index contributed by atoms with van der Waals surface area (Å²) >= 11 is 0. The Morgan fingerprint density at radius 3 is 2.40 bits per heavy atom. The minimum Gasteiger partial charge on any atom is -0.466 e. The zero-order valence-electron chi connectivity index (χ0n) is 22.4. The smallest absolute Gasteiger partial charge is 0.466 e. The Morgan fingerprint density at radius 1 is 1.05 bits per heavy atom. The van der Waals surface area contributed by atoms with E-state index in [0.29, 0.717) is 18.0 Å². The lowest BCUT2D eigenvalue weighted by molar-refractivity contribution is -0.189. The van der Waals surface area contributed by atoms with Crippen molar-refractivity contribution in [3.63, 3.8) is 0 Å². The third-order valence-corrected chi connectivity index (χ3v) is 6.90. The van der Waals surface area contributed by atoms with Gasteiger partial charge in [0.05, 0.1) is 13.7 Å². The third-order valence-electron chi connectivity index (χ3n) is 6.90. The molecule has 1 aliphatic heterocycles. The van der Waals surface area contributed by atoms with Gasteiger partial charge < -0.3 is 20.3 Å². The summed E-state index contributed by atoms with van der Waals surface area (Å²) in [5.41, 5.74) is 1.11. The molecule has 1 aliphatic rings. The van der Waals surface area contributed by atoms with Crippen molar-refractivity contribution in [2.75, 3.05) is 39.8 Å². The van der Waals surface area contributed by atoms with Crippen molar-refractivity contribution in [3.05, 3.63) is 60.2 Å². The van der Waals surface area contributed by atoms with Gasteiger partial charge in [-0.15, -0.1) is 0 Å². The minimum atomic E-state index is -5.14. The van der Waals surface area contributed by atoms with Crippen LogP contribution in [0, 0.1) is 0 Å². The van der Waals surface area contributed by atoms with Crippen molar-refractivity contribution in [2.24, 2.45) is 0 Å². The Kier molecular flexibility index (Phi) is 10.7. The van der Waals surface area contributed by atoms with Gasteiger partial charge >= 0.3 is 18.1 Å². The lowest BCUT2D eigenvalue weighted by Gasteiger charge is -2.41. The van der Waals surface area contributed by atoms with E-state index in [9.17, 15) is 32.3 Å². The number of benzene rings is 2. The highest BCUT2D eigenvalue weighted by Crippen LogP contribution is 2.31. The molecule has 216 valence electrons. The van der Waals surface area contributed by atoms with Crippen molar-refractivity contribution in [2.45, 2.75) is 38.0 Å². The molecule has 9 nitrogen and oxygen atoms in total. The van der Waals surface area contributed by atoms with Crippen LogP contribution in [0.25, 0.3) is 10.8 Å². The molecule has 0 aromatic heterocycles. The van der Waals surface area contributed by atoms with Crippen LogP contribution >= 0.6 is 0 Å². The fourth-order valence-electron chi connectivity index (χ4n) is 4.77. The van der Waals surface area contributed by atoms with Crippen LogP contribution in [0.3, 0.4) is 0 Å². The SMILES string of the molecule is COC(=O)/C=C/CNC(=O)CNC(=O)CN(C(=O)C(F)(F)F)C1CCN([C@H](C)c2cccc3ccccc23)CC1. The molecule has 0 unspecified atom stereocenters. The molecule has 3 rings (SSSR count). The molecule has 1 heterocycles. The van der Waals surface area contributed by atoms with Crippen molar-refractivity contribution in [1.82, 2.24) is 20.4 Å². The van der Waals surface area contributed by atoms with E-state index in [1.165, 1.54) is 13.2 Å². The molecule has 2 aromatic carbocycles. The van der Waals surface area contributed by atoms with Gasteiger partial charge in [-0.25, -0.2) is 4.79 Å². The van der Waals surface area contributed by atoms with Gasteiger partial charge in [-0.2, -0.15) is 13.2 Å². The fraction of sp³-hybridized carbons (Fsp3) is 0.429. The zero-order chi connectivity index (χ0) is 29.3. The summed E-state index contributed by atoms with van der Waals surface area (Å²) in [6.07, 6.45) is -2.18. The van der Waals surface area contributed by atoms with Gasteiger partial charge in [-0.05, 0) is 36.1 Å². The number of carbonyl (C=O) groups is 4. The number of nitrogens with one attached hydrogen (secondary N) is 2. The Balaban J connectivity index is 1.58. The number of likely N-dealkylation sites (tertiary alicyclic amines) is 1. The van der Waals surface area contributed by atoms with Crippen LogP contribution in [0.2, 0.25) is 0 Å². The highest BCUT2D eigenvalue weighted by Gasteiger charge is 2.45. The summed E-state index contributed by atoms with van der Waals surface area (Å²) in [6.45, 7) is 1.60. The van der Waals surface area contributed by atoms with Crippen LogP contribution in [0.15, 0.2) is 54.6 Å². The summed E-state index contributed by atoms with van der Waals surface area (Å²) < 4.78 is 44.6. The normalized spacial score (nSPS) is 15.5. The van der Waals surface area contributed by atoms with Gasteiger partial charge in [0.15, 0.2) is 0 Å². The molecule has 0 radical (unpaired) electrons. The van der Waals surface area contributed by atoms with Crippen LogP contribution in [-0.4, -0.2) is 85.5 Å². The Hall–Kier alpha value is -3.93. The molecule has 0 saturated carbocycles. The number of alkyl halides is 3. The van der Waals surface area contributed by atoms with E-state index in [-0.39, 0.29) is 25.4 Å². The lowest BCUT2D eigenvalue weighted by atomic mass is 9.95. The minimum absolute atomic E-state index is 0.00286. The molecule has 40 heavy (non-hydrogen) atoms. The molecule has 12 heteroatoms. The molecule has 2 aromatic rings. The predicted molar refractivity (Wildman–Crippen MR) is 142 cm³/mol.